The molecule has 0 spiro atoms. The number of hydrogen-bond acceptors (Lipinski definition) is 16. The molecule has 0 saturated carbocycles. The first kappa shape index (κ1) is 70.7. The van der Waals surface area contributed by atoms with Gasteiger partial charge in [-0.15, -0.1) is 0 Å². The van der Waals surface area contributed by atoms with Gasteiger partial charge in [0.15, 0.2) is 33.5 Å². The Labute approximate surface area is 555 Å². The molecular weight excluding hydrogens is 1210 g/mol. The van der Waals surface area contributed by atoms with E-state index in [2.05, 4.69) is 51.4 Å². The Bertz CT molecular complexity index is 3180. The fraction of sp³-hybridized carbons (Fsp3) is 0.493. The van der Waals surface area contributed by atoms with Gasteiger partial charge in [0.2, 0.25) is 11.8 Å². The van der Waals surface area contributed by atoms with Gasteiger partial charge in [-0.3, -0.25) is 9.59 Å². The van der Waals surface area contributed by atoms with Crippen LogP contribution < -0.4 is 10.6 Å². The van der Waals surface area contributed by atoms with Gasteiger partial charge in [-0.25, -0.2) is 0 Å². The van der Waals surface area contributed by atoms with Gasteiger partial charge in [-0.2, -0.15) is 0 Å². The second-order valence-electron chi connectivity index (χ2n) is 26.2. The lowest BCUT2D eigenvalue weighted by Crippen LogP contribution is -2.71. The molecule has 18 nitrogen and oxygen atoms in total. The topological polar surface area (TPSA) is 187 Å². The highest BCUT2D eigenvalue weighted by Crippen LogP contribution is 2.44. The smallest absolute Gasteiger partial charge is 0.217 e. The fourth-order valence-electron chi connectivity index (χ4n) is 12.0. The molecule has 2 N–H and O–H groups in total. The molecule has 0 aliphatic carbocycles. The van der Waals surface area contributed by atoms with Crippen molar-refractivity contribution in [3.8, 4) is 0 Å². The largest absolute Gasteiger partial charge is 0.408 e. The van der Waals surface area contributed by atoms with Crippen molar-refractivity contribution in [2.75, 3.05) is 26.4 Å². The minimum atomic E-state index is -2.69. The van der Waals surface area contributed by atoms with E-state index in [4.69, 9.17) is 66.0 Å². The van der Waals surface area contributed by atoms with Crippen molar-refractivity contribution < 1.29 is 75.6 Å². The maximum Gasteiger partial charge on any atom is 0.217 e. The fourth-order valence-corrected chi connectivity index (χ4v) is 13.3. The first-order valence-corrected chi connectivity index (χ1v) is 36.1. The van der Waals surface area contributed by atoms with Crippen LogP contribution in [0.1, 0.15) is 100 Å². The minimum absolute atomic E-state index is 0.00360. The lowest BCUT2D eigenvalue weighted by Gasteiger charge is -2.54. The summed E-state index contributed by atoms with van der Waals surface area (Å²) in [6.45, 7) is 17.3. The SMILES string of the molecule is CCCCCO[C@@H]1O[C@H](COCc2ccccc2)[C@@H](O[C@@H]2O[C@H](COCc3ccccc3)[C@@H](O[C@@H]3O[C@@H]4COC(c5ccccc5)O[C@H]4[C@H](O[Si](C)(C)C(C)(C)C)[C@@H]3OCc3ccccc3)[C@H](OCc3ccccc3)[C@H]2NC(C)=O)[C@H](OCc2ccccc2)[C@H]1NC(C)=O. The van der Waals surface area contributed by atoms with Crippen molar-refractivity contribution in [2.24, 2.45) is 0 Å². The van der Waals surface area contributed by atoms with Crippen molar-refractivity contribution in [3.63, 3.8) is 0 Å². The van der Waals surface area contributed by atoms with Crippen LogP contribution in [0.2, 0.25) is 18.1 Å². The standard InChI is InChI=1S/C75H96N2O16Si/c1-9-10-29-42-82-72-62(76-51(2)78)67(83-45-55-34-21-13-22-35-55)64(59(87-72)48-80-43-53-30-17-11-18-31-53)91-73-63(77-52(3)79)68(84-46-56-36-23-14-24-37-56)65(60(88-73)49-81-44-54-32-19-12-20-33-54)92-74-70(85-47-57-38-25-15-26-39-57)69(93-94(7,8)75(4,5)6)66-61(89-74)50-86-71(90-66)58-40-27-16-28-41-58/h11-28,30-41,59-74H,9-10,29,42-50H2,1-8H3,(H,76,78)(H,77,79)/t59-,60-,61-,62-,63-,64-,65-,66-,67-,68-,69+,70+,71?,72-,73+,74+/m1/s1. The van der Waals surface area contributed by atoms with Crippen molar-refractivity contribution in [1.82, 2.24) is 10.6 Å². The molecule has 0 bridgehead atoms. The number of ether oxygens (including phenoxy) is 13. The van der Waals surface area contributed by atoms with Crippen LogP contribution in [-0.2, 0) is 109 Å². The Morgan fingerprint density at radius 3 is 1.34 bits per heavy atom. The van der Waals surface area contributed by atoms with E-state index in [1.807, 2.05) is 182 Å². The second-order valence-corrected chi connectivity index (χ2v) is 30.9. The molecule has 16 atom stereocenters. The molecule has 0 radical (unpaired) electrons. The van der Waals surface area contributed by atoms with E-state index in [1.54, 1.807) is 0 Å². The Morgan fingerprint density at radius 1 is 0.479 bits per heavy atom. The maximum absolute atomic E-state index is 14.2. The molecule has 0 aromatic heterocycles. The van der Waals surface area contributed by atoms with Crippen molar-refractivity contribution in [1.29, 1.82) is 0 Å². The highest BCUT2D eigenvalue weighted by atomic mass is 28.4. The summed E-state index contributed by atoms with van der Waals surface area (Å²) in [5.41, 5.74) is 5.38. The zero-order valence-corrected chi connectivity index (χ0v) is 56.6. The average Bonchev–Trinajstić information content (AvgIpc) is 0.760. The van der Waals surface area contributed by atoms with Crippen LogP contribution in [-0.4, -0.2) is 139 Å². The van der Waals surface area contributed by atoms with Gasteiger partial charge in [0.25, 0.3) is 0 Å². The Balaban J connectivity index is 1.08. The summed E-state index contributed by atoms with van der Waals surface area (Å²) < 4.78 is 99.5. The molecule has 4 aliphatic rings. The quantitative estimate of drug-likeness (QED) is 0.0309. The molecule has 10 rings (SSSR count). The van der Waals surface area contributed by atoms with E-state index in [0.717, 1.165) is 52.6 Å². The van der Waals surface area contributed by atoms with Crippen molar-refractivity contribution in [2.45, 2.75) is 210 Å². The molecule has 2 amide bonds. The van der Waals surface area contributed by atoms with E-state index in [0.29, 0.717) is 6.61 Å². The second kappa shape index (κ2) is 34.7. The number of hydrogen-bond donors (Lipinski definition) is 2. The zero-order valence-electron chi connectivity index (χ0n) is 55.6. The van der Waals surface area contributed by atoms with Crippen LogP contribution in [0.5, 0.6) is 0 Å². The van der Waals surface area contributed by atoms with Crippen molar-refractivity contribution in [3.05, 3.63) is 215 Å². The van der Waals surface area contributed by atoms with E-state index in [9.17, 15) is 9.59 Å². The lowest BCUT2D eigenvalue weighted by atomic mass is 9.93. The summed E-state index contributed by atoms with van der Waals surface area (Å²) in [6.07, 6.45) is -10.9. The number of amides is 2. The van der Waals surface area contributed by atoms with Gasteiger partial charge in [0.05, 0.1) is 52.9 Å². The number of carbonyl (C=O) groups is 2. The Kier molecular flexibility index (Phi) is 26.1. The summed E-state index contributed by atoms with van der Waals surface area (Å²) in [7, 11) is -2.69. The van der Waals surface area contributed by atoms with Gasteiger partial charge in [-0.1, -0.05) is 223 Å². The predicted molar refractivity (Wildman–Crippen MR) is 356 cm³/mol. The van der Waals surface area contributed by atoms with Gasteiger partial charge in [0, 0.05) is 26.0 Å². The molecule has 4 saturated heterocycles. The molecule has 4 aliphatic heterocycles. The van der Waals surface area contributed by atoms with Gasteiger partial charge >= 0.3 is 0 Å². The number of rotatable bonds is 31. The van der Waals surface area contributed by atoms with Crippen LogP contribution in [0.25, 0.3) is 0 Å². The summed E-state index contributed by atoms with van der Waals surface area (Å²) in [6, 6.07) is 57.0. The number of nitrogens with one attached hydrogen (secondary N) is 2. The Morgan fingerprint density at radius 2 is 0.894 bits per heavy atom. The molecule has 1 unspecified atom stereocenters. The maximum atomic E-state index is 14.2. The molecule has 19 heteroatoms. The summed E-state index contributed by atoms with van der Waals surface area (Å²) >= 11 is 0. The molecule has 4 fully saturated rings. The lowest BCUT2D eigenvalue weighted by molar-refractivity contribution is -0.390. The van der Waals surface area contributed by atoms with Crippen LogP contribution >= 0.6 is 0 Å². The monoisotopic (exact) mass is 1310 g/mol. The van der Waals surface area contributed by atoms with E-state index in [-0.39, 0.29) is 63.8 Å². The zero-order chi connectivity index (χ0) is 65.9. The summed E-state index contributed by atoms with van der Waals surface area (Å²) in [5.74, 6) is -0.740. The first-order chi connectivity index (χ1) is 45.6. The minimum Gasteiger partial charge on any atom is -0.408 e. The molecule has 6 aromatic rings. The van der Waals surface area contributed by atoms with E-state index < -0.39 is 113 Å². The normalized spacial score (nSPS) is 28.0. The molecule has 506 valence electrons. The average molecular weight is 1310 g/mol. The summed E-state index contributed by atoms with van der Waals surface area (Å²) in [5, 5.41) is 6.13. The van der Waals surface area contributed by atoms with Crippen LogP contribution in [0.3, 0.4) is 0 Å². The van der Waals surface area contributed by atoms with Gasteiger partial charge in [0.1, 0.15) is 73.1 Å². The number of unbranched alkanes of at least 4 members (excludes halogenated alkanes) is 2. The third kappa shape index (κ3) is 19.6. The van der Waals surface area contributed by atoms with Crippen LogP contribution in [0.15, 0.2) is 182 Å². The molecular formula is C75H96N2O16Si. The Hall–Kier alpha value is -6.08. The predicted octanol–water partition coefficient (Wildman–Crippen LogP) is 11.8. The third-order valence-electron chi connectivity index (χ3n) is 17.9. The number of benzene rings is 6. The highest BCUT2D eigenvalue weighted by Gasteiger charge is 2.59. The molecule has 6 aromatic carbocycles. The highest BCUT2D eigenvalue weighted by molar-refractivity contribution is 6.74. The number of carbonyl (C=O) groups excluding carboxylic acids is 2. The molecule has 4 heterocycles. The van der Waals surface area contributed by atoms with Crippen molar-refractivity contribution >= 4 is 20.1 Å². The van der Waals surface area contributed by atoms with Gasteiger partial charge in [-0.05, 0) is 52.4 Å². The van der Waals surface area contributed by atoms with E-state index >= 15 is 0 Å². The number of fused-ring (bicyclic) bond motifs is 1. The first-order valence-electron chi connectivity index (χ1n) is 33.2. The molecule has 94 heavy (non-hydrogen) atoms. The third-order valence-corrected chi connectivity index (χ3v) is 22.4. The van der Waals surface area contributed by atoms with Crippen LogP contribution in [0.4, 0.5) is 0 Å². The van der Waals surface area contributed by atoms with Gasteiger partial charge < -0.3 is 76.6 Å². The summed E-state index contributed by atoms with van der Waals surface area (Å²) in [4.78, 5) is 27.7. The van der Waals surface area contributed by atoms with E-state index in [1.165, 1.54) is 13.8 Å². The van der Waals surface area contributed by atoms with Crippen LogP contribution in [0, 0.1) is 0 Å².